The molecule has 0 amide bonds. The van der Waals surface area contributed by atoms with Crippen molar-refractivity contribution in [2.45, 2.75) is 12.4 Å². The molecule has 0 unspecified atom stereocenters. The lowest BCUT2D eigenvalue weighted by atomic mass is 10.0. The Hall–Kier alpha value is -4.00. The van der Waals surface area contributed by atoms with Gasteiger partial charge < -0.3 is 9.40 Å². The molecule has 2 aromatic heterocycles. The van der Waals surface area contributed by atoms with Crippen molar-refractivity contribution in [3.05, 3.63) is 77.3 Å². The molecule has 32 heavy (non-hydrogen) atoms. The zero-order chi connectivity index (χ0) is 23.1. The second-order valence-corrected chi connectivity index (χ2v) is 6.77. The fraction of sp³-hybridized carbons (Fsp3) is 0.0909. The molecule has 0 aliphatic rings. The van der Waals surface area contributed by atoms with Crippen LogP contribution in [0.5, 0.6) is 0 Å². The van der Waals surface area contributed by atoms with Gasteiger partial charge in [0.25, 0.3) is 0 Å². The molecule has 0 aliphatic carbocycles. The van der Waals surface area contributed by atoms with Crippen LogP contribution in [0.15, 0.2) is 59.0 Å². The smallest absolute Gasteiger partial charge is 0.416 e. The Morgan fingerprint density at radius 2 is 1.59 bits per heavy atom. The normalized spacial score (nSPS) is 12.8. The van der Waals surface area contributed by atoms with Crippen LogP contribution in [0.25, 0.3) is 34.0 Å². The number of aromatic nitrogens is 2. The number of fused-ring (bicyclic) bond motifs is 1. The van der Waals surface area contributed by atoms with Crippen LogP contribution >= 0.6 is 0 Å². The average Bonchev–Trinajstić information content (AvgIpc) is 3.37. The number of rotatable bonds is 3. The molecule has 0 aliphatic heterocycles. The molecule has 4 aromatic rings. The van der Waals surface area contributed by atoms with Crippen LogP contribution in [-0.2, 0) is 12.4 Å². The quantitative estimate of drug-likeness (QED) is 0.274. The van der Waals surface area contributed by atoms with Gasteiger partial charge in [0.05, 0.1) is 27.7 Å². The largest absolute Gasteiger partial charge is 0.457 e. The first kappa shape index (κ1) is 21.2. The van der Waals surface area contributed by atoms with Crippen molar-refractivity contribution in [3.63, 3.8) is 0 Å². The number of para-hydroxylation sites is 2. The van der Waals surface area contributed by atoms with Crippen molar-refractivity contribution in [2.75, 3.05) is 0 Å². The van der Waals surface area contributed by atoms with E-state index in [4.69, 9.17) is 4.42 Å². The standard InChI is InChI=1S/C22H11F6N3O/c23-21(24,25)14-7-12(8-15(10-14)22(26,27)28)19-6-5-16(32-19)9-13(11-29)20-30-17-3-1-2-4-18(17)31-20/h1-10H,(H,30,31). The van der Waals surface area contributed by atoms with Gasteiger partial charge in [-0.25, -0.2) is 4.98 Å². The van der Waals surface area contributed by atoms with Crippen LogP contribution in [0.1, 0.15) is 22.7 Å². The molecular weight excluding hydrogens is 436 g/mol. The second-order valence-electron chi connectivity index (χ2n) is 6.77. The highest BCUT2D eigenvalue weighted by Crippen LogP contribution is 2.39. The molecule has 0 fully saturated rings. The summed E-state index contributed by atoms with van der Waals surface area (Å²) in [5.41, 5.74) is -1.91. The van der Waals surface area contributed by atoms with Gasteiger partial charge in [-0.15, -0.1) is 0 Å². The van der Waals surface area contributed by atoms with Crippen LogP contribution in [0.2, 0.25) is 0 Å². The summed E-state index contributed by atoms with van der Waals surface area (Å²) >= 11 is 0. The van der Waals surface area contributed by atoms with E-state index in [-0.39, 0.29) is 29.0 Å². The highest BCUT2D eigenvalue weighted by molar-refractivity contribution is 5.89. The number of halogens is 6. The number of nitrogens with zero attached hydrogens (tertiary/aromatic N) is 2. The number of aromatic amines is 1. The molecule has 4 rings (SSSR count). The summed E-state index contributed by atoms with van der Waals surface area (Å²) < 4.78 is 84.0. The van der Waals surface area contributed by atoms with E-state index in [1.165, 1.54) is 18.2 Å². The first-order chi connectivity index (χ1) is 15.0. The summed E-state index contributed by atoms with van der Waals surface area (Å²) in [5, 5.41) is 9.47. The number of furan rings is 1. The third-order valence-electron chi connectivity index (χ3n) is 4.55. The first-order valence-electron chi connectivity index (χ1n) is 9.01. The molecule has 0 saturated carbocycles. The lowest BCUT2D eigenvalue weighted by Crippen LogP contribution is -2.11. The zero-order valence-corrected chi connectivity index (χ0v) is 15.8. The highest BCUT2D eigenvalue weighted by Gasteiger charge is 2.37. The van der Waals surface area contributed by atoms with Gasteiger partial charge in [0.15, 0.2) is 0 Å². The van der Waals surface area contributed by atoms with Gasteiger partial charge >= 0.3 is 12.4 Å². The van der Waals surface area contributed by atoms with Crippen molar-refractivity contribution in [1.82, 2.24) is 9.97 Å². The molecular formula is C22H11F6N3O. The number of imidazole rings is 1. The Balaban J connectivity index is 1.74. The number of hydrogen-bond acceptors (Lipinski definition) is 3. The summed E-state index contributed by atoms with van der Waals surface area (Å²) in [6, 6.07) is 12.8. The van der Waals surface area contributed by atoms with Crippen LogP contribution in [0, 0.1) is 11.3 Å². The molecule has 0 saturated heterocycles. The van der Waals surface area contributed by atoms with E-state index in [2.05, 4.69) is 9.97 Å². The van der Waals surface area contributed by atoms with E-state index in [9.17, 15) is 31.6 Å². The molecule has 2 heterocycles. The lowest BCUT2D eigenvalue weighted by molar-refractivity contribution is -0.143. The van der Waals surface area contributed by atoms with Crippen molar-refractivity contribution in [3.8, 4) is 17.4 Å². The Morgan fingerprint density at radius 1 is 0.938 bits per heavy atom. The minimum Gasteiger partial charge on any atom is -0.457 e. The molecule has 0 spiro atoms. The topological polar surface area (TPSA) is 65.6 Å². The van der Waals surface area contributed by atoms with E-state index < -0.39 is 29.0 Å². The molecule has 0 bridgehead atoms. The lowest BCUT2D eigenvalue weighted by Gasteiger charge is -2.13. The van der Waals surface area contributed by atoms with Crippen molar-refractivity contribution in [2.24, 2.45) is 0 Å². The van der Waals surface area contributed by atoms with Crippen molar-refractivity contribution >= 4 is 22.7 Å². The fourth-order valence-corrected chi connectivity index (χ4v) is 3.06. The van der Waals surface area contributed by atoms with Crippen LogP contribution in [0.3, 0.4) is 0 Å². The van der Waals surface area contributed by atoms with Gasteiger partial charge in [0.1, 0.15) is 23.4 Å². The minimum absolute atomic E-state index is 0.0443. The SMILES string of the molecule is N#CC(=Cc1ccc(-c2cc(C(F)(F)F)cc(C(F)(F)F)c2)o1)c1nc2ccccc2[nH]1. The minimum atomic E-state index is -4.97. The maximum atomic E-state index is 13.1. The van der Waals surface area contributed by atoms with Gasteiger partial charge in [-0.05, 0) is 42.5 Å². The van der Waals surface area contributed by atoms with E-state index in [0.29, 0.717) is 23.2 Å². The summed E-state index contributed by atoms with van der Waals surface area (Å²) in [5.74, 6) is 0.0859. The van der Waals surface area contributed by atoms with Gasteiger partial charge in [-0.1, -0.05) is 12.1 Å². The number of nitriles is 1. The van der Waals surface area contributed by atoms with E-state index in [1.807, 2.05) is 6.07 Å². The monoisotopic (exact) mass is 447 g/mol. The van der Waals surface area contributed by atoms with Gasteiger partial charge in [-0.2, -0.15) is 31.6 Å². The summed E-state index contributed by atoms with van der Waals surface area (Å²) in [7, 11) is 0. The Morgan fingerprint density at radius 3 is 2.19 bits per heavy atom. The average molecular weight is 447 g/mol. The Labute approximate surface area is 176 Å². The van der Waals surface area contributed by atoms with Gasteiger partial charge in [-0.3, -0.25) is 0 Å². The molecule has 0 radical (unpaired) electrons. The van der Waals surface area contributed by atoms with Crippen molar-refractivity contribution < 1.29 is 30.8 Å². The van der Waals surface area contributed by atoms with E-state index in [0.717, 1.165) is 0 Å². The predicted molar refractivity (Wildman–Crippen MR) is 104 cm³/mol. The summed E-state index contributed by atoms with van der Waals surface area (Å²) in [4.78, 5) is 7.24. The molecule has 10 heteroatoms. The Bertz CT molecular complexity index is 1300. The maximum Gasteiger partial charge on any atom is 0.416 e. The molecule has 4 nitrogen and oxygen atoms in total. The van der Waals surface area contributed by atoms with Crippen LogP contribution < -0.4 is 0 Å². The molecule has 2 aromatic carbocycles. The second kappa shape index (κ2) is 7.60. The molecule has 1 N–H and O–H groups in total. The number of allylic oxidation sites excluding steroid dienone is 1. The van der Waals surface area contributed by atoms with Crippen LogP contribution in [0.4, 0.5) is 26.3 Å². The summed E-state index contributed by atoms with van der Waals surface area (Å²) in [6.07, 6.45) is -8.65. The number of nitrogens with one attached hydrogen (secondary N) is 1. The third kappa shape index (κ3) is 4.23. The number of H-pyrrole nitrogens is 1. The number of benzene rings is 2. The number of alkyl halides is 6. The zero-order valence-electron chi connectivity index (χ0n) is 15.8. The summed E-state index contributed by atoms with van der Waals surface area (Å²) in [6.45, 7) is 0. The Kier molecular flexibility index (Phi) is 5.05. The van der Waals surface area contributed by atoms with E-state index >= 15 is 0 Å². The fourth-order valence-electron chi connectivity index (χ4n) is 3.06. The van der Waals surface area contributed by atoms with Gasteiger partial charge in [0.2, 0.25) is 0 Å². The predicted octanol–water partition coefficient (Wildman–Crippen LogP) is 6.92. The molecule has 0 atom stereocenters. The number of hydrogen-bond donors (Lipinski definition) is 1. The van der Waals surface area contributed by atoms with Gasteiger partial charge in [0, 0.05) is 11.6 Å². The van der Waals surface area contributed by atoms with Crippen LogP contribution in [-0.4, -0.2) is 9.97 Å². The van der Waals surface area contributed by atoms with Crippen molar-refractivity contribution in [1.29, 1.82) is 5.26 Å². The maximum absolute atomic E-state index is 13.1. The third-order valence-corrected chi connectivity index (χ3v) is 4.55. The van der Waals surface area contributed by atoms with E-state index in [1.54, 1.807) is 24.3 Å². The first-order valence-corrected chi connectivity index (χ1v) is 9.01. The highest BCUT2D eigenvalue weighted by atomic mass is 19.4. The molecule has 162 valence electrons.